The Hall–Kier alpha value is -3.63. The second-order valence-corrected chi connectivity index (χ2v) is 7.76. The molecule has 1 aromatic heterocycles. The Kier molecular flexibility index (Phi) is 5.72. The standard InChI is InChI=1S/C24H20ClFN4O2/c1-4-15-9-17(26)5-6-21(15)29-13-30(20-7-8-23(32-3)28-14(20)2)24(31)18-11-19(25)16(12-27)10-22(18)29/h5-11H,4,13H2,1-3H3. The molecule has 2 aromatic carbocycles. The van der Waals surface area contributed by atoms with Crippen LogP contribution in [0.4, 0.5) is 21.5 Å². The molecule has 0 saturated heterocycles. The van der Waals surface area contributed by atoms with Crippen LogP contribution in [-0.2, 0) is 6.42 Å². The number of halogens is 2. The highest BCUT2D eigenvalue weighted by atomic mass is 35.5. The van der Waals surface area contributed by atoms with Crippen LogP contribution in [0.3, 0.4) is 0 Å². The van der Waals surface area contributed by atoms with Gasteiger partial charge in [0, 0.05) is 11.8 Å². The van der Waals surface area contributed by atoms with Crippen LogP contribution in [0.2, 0.25) is 5.02 Å². The van der Waals surface area contributed by atoms with E-state index in [2.05, 4.69) is 11.1 Å². The van der Waals surface area contributed by atoms with Crippen LogP contribution in [0.5, 0.6) is 5.88 Å². The maximum Gasteiger partial charge on any atom is 0.262 e. The first-order chi connectivity index (χ1) is 15.4. The Morgan fingerprint density at radius 3 is 2.56 bits per heavy atom. The quantitative estimate of drug-likeness (QED) is 0.533. The van der Waals surface area contributed by atoms with Crippen LogP contribution < -0.4 is 14.5 Å². The van der Waals surface area contributed by atoms with Crippen LogP contribution >= 0.6 is 11.6 Å². The molecule has 1 amide bonds. The Morgan fingerprint density at radius 1 is 1.16 bits per heavy atom. The van der Waals surface area contributed by atoms with Crippen LogP contribution in [0.15, 0.2) is 42.5 Å². The maximum absolute atomic E-state index is 13.9. The summed E-state index contributed by atoms with van der Waals surface area (Å²) in [5.74, 6) is -0.154. The third kappa shape index (κ3) is 3.63. The summed E-state index contributed by atoms with van der Waals surface area (Å²) in [7, 11) is 1.53. The molecule has 0 atom stereocenters. The van der Waals surface area contributed by atoms with Gasteiger partial charge in [0.05, 0.1) is 40.3 Å². The number of methoxy groups -OCH3 is 1. The number of ether oxygens (including phenoxy) is 1. The lowest BCUT2D eigenvalue weighted by Crippen LogP contribution is -2.45. The van der Waals surface area contributed by atoms with Crippen molar-refractivity contribution in [2.75, 3.05) is 23.6 Å². The molecule has 8 heteroatoms. The largest absolute Gasteiger partial charge is 0.481 e. The maximum atomic E-state index is 13.9. The SMILES string of the molecule is CCc1cc(F)ccc1N1CN(c2ccc(OC)nc2C)C(=O)c2cc(Cl)c(C#N)cc21. The molecule has 1 aliphatic rings. The molecule has 162 valence electrons. The van der Waals surface area contributed by atoms with Gasteiger partial charge in [0.15, 0.2) is 0 Å². The second kappa shape index (κ2) is 8.48. The third-order valence-corrected chi connectivity index (χ3v) is 5.81. The van der Waals surface area contributed by atoms with E-state index in [0.717, 1.165) is 11.3 Å². The predicted molar refractivity (Wildman–Crippen MR) is 121 cm³/mol. The van der Waals surface area contributed by atoms with Gasteiger partial charge in [-0.25, -0.2) is 9.37 Å². The Morgan fingerprint density at radius 2 is 1.91 bits per heavy atom. The van der Waals surface area contributed by atoms with Gasteiger partial charge in [-0.3, -0.25) is 9.69 Å². The fourth-order valence-corrected chi connectivity index (χ4v) is 4.10. The zero-order chi connectivity index (χ0) is 23.0. The smallest absolute Gasteiger partial charge is 0.262 e. The number of fused-ring (bicyclic) bond motifs is 1. The normalized spacial score (nSPS) is 13.1. The van der Waals surface area contributed by atoms with E-state index < -0.39 is 0 Å². The minimum atomic E-state index is -0.334. The first kappa shape index (κ1) is 21.6. The molecule has 0 fully saturated rings. The number of benzene rings is 2. The number of amides is 1. The molecule has 6 nitrogen and oxygen atoms in total. The van der Waals surface area contributed by atoms with E-state index in [1.165, 1.54) is 25.3 Å². The lowest BCUT2D eigenvalue weighted by molar-refractivity contribution is 0.0983. The molecule has 0 spiro atoms. The highest BCUT2D eigenvalue weighted by Gasteiger charge is 2.34. The number of carbonyl (C=O) groups excluding carboxylic acids is 1. The van der Waals surface area contributed by atoms with Crippen molar-refractivity contribution in [1.29, 1.82) is 5.26 Å². The number of rotatable bonds is 4. The van der Waals surface area contributed by atoms with Crippen molar-refractivity contribution in [3.05, 3.63) is 75.7 Å². The minimum Gasteiger partial charge on any atom is -0.481 e. The van der Waals surface area contributed by atoms with Gasteiger partial charge in [-0.1, -0.05) is 18.5 Å². The fraction of sp³-hybridized carbons (Fsp3) is 0.208. The van der Waals surface area contributed by atoms with Gasteiger partial charge in [0.2, 0.25) is 5.88 Å². The van der Waals surface area contributed by atoms with Crippen molar-refractivity contribution in [3.8, 4) is 11.9 Å². The molecule has 0 aliphatic carbocycles. The number of nitrogens with zero attached hydrogens (tertiary/aromatic N) is 4. The zero-order valence-corrected chi connectivity index (χ0v) is 18.6. The van der Waals surface area contributed by atoms with Crippen molar-refractivity contribution in [3.63, 3.8) is 0 Å². The van der Waals surface area contributed by atoms with Crippen molar-refractivity contribution in [2.24, 2.45) is 0 Å². The van der Waals surface area contributed by atoms with Crippen molar-refractivity contribution in [1.82, 2.24) is 4.98 Å². The number of aryl methyl sites for hydroxylation is 2. The Labute approximate surface area is 190 Å². The van der Waals surface area contributed by atoms with Gasteiger partial charge in [-0.2, -0.15) is 5.26 Å². The van der Waals surface area contributed by atoms with Gasteiger partial charge in [-0.05, 0) is 55.3 Å². The number of hydrogen-bond donors (Lipinski definition) is 0. The summed E-state index contributed by atoms with van der Waals surface area (Å²) in [6, 6.07) is 13.2. The fourth-order valence-electron chi connectivity index (χ4n) is 3.89. The summed E-state index contributed by atoms with van der Waals surface area (Å²) >= 11 is 6.27. The van der Waals surface area contributed by atoms with E-state index in [-0.39, 0.29) is 29.0 Å². The molecule has 0 unspecified atom stereocenters. The number of anilines is 3. The van der Waals surface area contributed by atoms with E-state index in [4.69, 9.17) is 16.3 Å². The van der Waals surface area contributed by atoms with Crippen LogP contribution in [0.25, 0.3) is 0 Å². The minimum absolute atomic E-state index is 0.159. The van der Waals surface area contributed by atoms with Gasteiger partial charge in [-0.15, -0.1) is 0 Å². The topological polar surface area (TPSA) is 69.5 Å². The summed E-state index contributed by atoms with van der Waals surface area (Å²) < 4.78 is 19.1. The summed E-state index contributed by atoms with van der Waals surface area (Å²) in [5.41, 5.74) is 3.93. The van der Waals surface area contributed by atoms with Crippen molar-refractivity contribution >= 4 is 34.6 Å². The highest BCUT2D eigenvalue weighted by Crippen LogP contribution is 2.40. The molecule has 4 rings (SSSR count). The molecule has 2 heterocycles. The average molecular weight is 451 g/mol. The Bertz CT molecular complexity index is 1270. The van der Waals surface area contributed by atoms with E-state index in [9.17, 15) is 14.4 Å². The molecule has 3 aromatic rings. The lowest BCUT2D eigenvalue weighted by Gasteiger charge is -2.39. The molecule has 1 aliphatic heterocycles. The number of hydrogen-bond acceptors (Lipinski definition) is 5. The monoisotopic (exact) mass is 450 g/mol. The van der Waals surface area contributed by atoms with E-state index in [0.29, 0.717) is 34.9 Å². The van der Waals surface area contributed by atoms with Crippen LogP contribution in [-0.4, -0.2) is 24.7 Å². The highest BCUT2D eigenvalue weighted by molar-refractivity contribution is 6.32. The second-order valence-electron chi connectivity index (χ2n) is 7.35. The molecular weight excluding hydrogens is 431 g/mol. The van der Waals surface area contributed by atoms with Gasteiger partial charge in [0.1, 0.15) is 18.6 Å². The number of pyridine rings is 1. The summed E-state index contributed by atoms with van der Waals surface area (Å²) in [4.78, 5) is 21.4. The van der Waals surface area contributed by atoms with E-state index in [1.807, 2.05) is 11.8 Å². The lowest BCUT2D eigenvalue weighted by atomic mass is 10.0. The van der Waals surface area contributed by atoms with E-state index >= 15 is 0 Å². The van der Waals surface area contributed by atoms with Gasteiger partial charge in [0.25, 0.3) is 5.91 Å². The van der Waals surface area contributed by atoms with Crippen LogP contribution in [0.1, 0.15) is 34.1 Å². The van der Waals surface area contributed by atoms with Crippen molar-refractivity contribution < 1.29 is 13.9 Å². The number of carbonyl (C=O) groups is 1. The first-order valence-corrected chi connectivity index (χ1v) is 10.4. The third-order valence-electron chi connectivity index (χ3n) is 5.50. The molecule has 0 bridgehead atoms. The number of nitriles is 1. The molecule has 0 radical (unpaired) electrons. The Balaban J connectivity index is 1.93. The van der Waals surface area contributed by atoms with Crippen molar-refractivity contribution in [2.45, 2.75) is 20.3 Å². The first-order valence-electron chi connectivity index (χ1n) is 10.0. The predicted octanol–water partition coefficient (Wildman–Crippen LogP) is 5.38. The van der Waals surface area contributed by atoms with Gasteiger partial charge < -0.3 is 9.64 Å². The van der Waals surface area contributed by atoms with Gasteiger partial charge >= 0.3 is 0 Å². The summed E-state index contributed by atoms with van der Waals surface area (Å²) in [5, 5.41) is 9.67. The average Bonchev–Trinajstić information content (AvgIpc) is 2.79. The van der Waals surface area contributed by atoms with E-state index in [1.54, 1.807) is 36.1 Å². The summed E-state index contributed by atoms with van der Waals surface area (Å²) in [6.07, 6.45) is 0.592. The summed E-state index contributed by atoms with van der Waals surface area (Å²) in [6.45, 7) is 3.89. The molecule has 0 saturated carbocycles. The van der Waals surface area contributed by atoms with Crippen LogP contribution in [0, 0.1) is 24.1 Å². The molecular formula is C24H20ClFN4O2. The molecule has 32 heavy (non-hydrogen) atoms. The number of aromatic nitrogens is 1. The zero-order valence-electron chi connectivity index (χ0n) is 17.8. The molecule has 0 N–H and O–H groups in total.